The number of halogens is 2. The van der Waals surface area contributed by atoms with Gasteiger partial charge in [-0.15, -0.1) is 24.8 Å². The minimum absolute atomic E-state index is 0. The first-order valence-electron chi connectivity index (χ1n) is 0.816. The zero-order valence-electron chi connectivity index (χ0n) is 3.39. The van der Waals surface area contributed by atoms with Gasteiger partial charge in [-0.05, 0) is 0 Å². The van der Waals surface area contributed by atoms with E-state index in [9.17, 15) is 0 Å². The van der Waals surface area contributed by atoms with Gasteiger partial charge >= 0.3 is 46.0 Å². The van der Waals surface area contributed by atoms with Gasteiger partial charge in [0.15, 0.2) is 0 Å². The van der Waals surface area contributed by atoms with E-state index in [2.05, 4.69) is 8.95 Å². The molecule has 0 fully saturated rings. The topological polar surface area (TPSA) is 52.0 Å². The van der Waals surface area contributed by atoms with Crippen LogP contribution in [0.2, 0.25) is 0 Å². The fraction of sp³-hybridized carbons (Fsp3) is 0. The third-order valence-electron chi connectivity index (χ3n) is 0. The van der Waals surface area contributed by atoms with E-state index in [-0.39, 0.29) is 24.8 Å². The monoisotopic (exact) mass is 232 g/mol. The van der Waals surface area contributed by atoms with Gasteiger partial charge in [-0.2, -0.15) is 0 Å². The van der Waals surface area contributed by atoms with Crippen LogP contribution in [-0.4, -0.2) is 0 Å². The van der Waals surface area contributed by atoms with Gasteiger partial charge in [0.2, 0.25) is 0 Å². The number of nitrogens with two attached hydrogens (primary N) is 2. The van der Waals surface area contributed by atoms with Crippen molar-refractivity contribution in [3.8, 4) is 0 Å². The molecular formula is H6Cl2N2Zn2. The van der Waals surface area contributed by atoms with Crippen LogP contribution in [0.5, 0.6) is 0 Å². The second-order valence-electron chi connectivity index (χ2n) is 0. The Morgan fingerprint density at radius 3 is 0.667 bits per heavy atom. The molecule has 0 spiro atoms. The van der Waals surface area contributed by atoms with Crippen LogP contribution in [0.3, 0.4) is 0 Å². The molecule has 0 unspecified atom stereocenters. The van der Waals surface area contributed by atoms with E-state index in [1.165, 1.54) is 0 Å². The third-order valence-corrected chi connectivity index (χ3v) is 0. The maximum atomic E-state index is 4.62. The Morgan fingerprint density at radius 1 is 0.667 bits per heavy atom. The van der Waals surface area contributed by atoms with Crippen LogP contribution in [0.4, 0.5) is 0 Å². The van der Waals surface area contributed by atoms with Crippen molar-refractivity contribution in [2.45, 2.75) is 0 Å². The molecule has 0 amide bonds. The second-order valence-corrected chi connectivity index (χ2v) is 0. The van der Waals surface area contributed by atoms with Gasteiger partial charge in [0.1, 0.15) is 0 Å². The summed E-state index contributed by atoms with van der Waals surface area (Å²) in [6.07, 6.45) is 0. The molecule has 0 atom stereocenters. The molecule has 34 valence electrons. The van der Waals surface area contributed by atoms with Gasteiger partial charge in [-0.25, -0.2) is 0 Å². The maximum absolute atomic E-state index is 4.62. The van der Waals surface area contributed by atoms with Crippen molar-refractivity contribution in [2.75, 3.05) is 0 Å². The summed E-state index contributed by atoms with van der Waals surface area (Å²) in [4.78, 5) is 0. The van der Waals surface area contributed by atoms with E-state index in [4.69, 9.17) is 0 Å². The molecular weight excluding hydrogens is 230 g/mol. The Bertz CT molecular complexity index is 9.51. The van der Waals surface area contributed by atoms with Crippen molar-refractivity contribution in [3.63, 3.8) is 0 Å². The standard InChI is InChI=1S/2ClH.2H2N.2Zn/h2*1H;2*1H2;;/q;;2*-1;2*+1. The molecule has 0 saturated heterocycles. The number of hydrogen-bond donors (Lipinski definition) is 2. The number of rotatable bonds is 0. The normalized spacial score (nSPS) is 2.33. The van der Waals surface area contributed by atoms with Crippen LogP contribution in [0.15, 0.2) is 0 Å². The summed E-state index contributed by atoms with van der Waals surface area (Å²) in [5, 5.41) is 0. The second kappa shape index (κ2) is 73.0. The van der Waals surface area contributed by atoms with Gasteiger partial charge in [-0.1, -0.05) is 0 Å². The van der Waals surface area contributed by atoms with Crippen molar-refractivity contribution in [1.82, 2.24) is 0 Å². The summed E-state index contributed by atoms with van der Waals surface area (Å²) >= 11 is 1.75. The Morgan fingerprint density at radius 2 is 0.667 bits per heavy atom. The average molecular weight is 236 g/mol. The van der Waals surface area contributed by atoms with Gasteiger partial charge in [0.05, 0.1) is 0 Å². The van der Waals surface area contributed by atoms with Gasteiger partial charge in [0.25, 0.3) is 0 Å². The first-order valence-corrected chi connectivity index (χ1v) is 4.24. The van der Waals surface area contributed by atoms with Crippen molar-refractivity contribution in [1.29, 1.82) is 0 Å². The Kier molecular flexibility index (Phi) is 306. The van der Waals surface area contributed by atoms with Crippen LogP contribution in [0.25, 0.3) is 0 Å². The molecule has 6 heteroatoms. The van der Waals surface area contributed by atoms with Crippen LogP contribution in [-0.2, 0) is 37.1 Å². The first kappa shape index (κ1) is 25.1. The molecule has 0 saturated carbocycles. The summed E-state index contributed by atoms with van der Waals surface area (Å²) in [5.74, 6) is 0. The Balaban J connectivity index is -0.00000000500. The molecule has 0 aliphatic carbocycles. The molecule has 6 heavy (non-hydrogen) atoms. The minimum atomic E-state index is 0. The molecule has 0 aromatic rings. The molecule has 0 aromatic heterocycles. The summed E-state index contributed by atoms with van der Waals surface area (Å²) in [7, 11) is 0. The van der Waals surface area contributed by atoms with Gasteiger partial charge in [-0.3, -0.25) is 0 Å². The Hall–Kier alpha value is 1.75. The van der Waals surface area contributed by atoms with Crippen molar-refractivity contribution >= 4 is 24.8 Å². The predicted octanol–water partition coefficient (Wildman–Crippen LogP) is -0.343. The SMILES string of the molecule is Cl.Cl.[NH2][Zn].[NH2][Zn]. The van der Waals surface area contributed by atoms with Crippen LogP contribution in [0, 0.1) is 0 Å². The number of hydrogen-bond acceptors (Lipinski definition) is 2. The van der Waals surface area contributed by atoms with Crippen molar-refractivity contribution < 1.29 is 37.1 Å². The fourth-order valence-electron chi connectivity index (χ4n) is 0. The van der Waals surface area contributed by atoms with Crippen LogP contribution >= 0.6 is 24.8 Å². The summed E-state index contributed by atoms with van der Waals surface area (Å²) < 4.78 is 9.25. The van der Waals surface area contributed by atoms with Gasteiger partial charge < -0.3 is 0 Å². The summed E-state index contributed by atoms with van der Waals surface area (Å²) in [5.41, 5.74) is 0. The fourth-order valence-corrected chi connectivity index (χ4v) is 0. The van der Waals surface area contributed by atoms with E-state index in [1.54, 1.807) is 0 Å². The predicted molar refractivity (Wildman–Crippen MR) is 22.9 cm³/mol. The molecule has 2 nitrogen and oxygen atoms in total. The Labute approximate surface area is 70.5 Å². The van der Waals surface area contributed by atoms with Crippen molar-refractivity contribution in [2.24, 2.45) is 8.95 Å². The third kappa shape index (κ3) is 42.4. The quantitative estimate of drug-likeness (QED) is 0.565. The van der Waals surface area contributed by atoms with E-state index in [1.807, 2.05) is 0 Å². The van der Waals surface area contributed by atoms with E-state index in [0.717, 1.165) is 37.1 Å². The molecule has 4 N–H and O–H groups in total. The van der Waals surface area contributed by atoms with Gasteiger partial charge in [0, 0.05) is 0 Å². The van der Waals surface area contributed by atoms with E-state index in [0.29, 0.717) is 0 Å². The van der Waals surface area contributed by atoms with Crippen molar-refractivity contribution in [3.05, 3.63) is 0 Å². The van der Waals surface area contributed by atoms with Crippen LogP contribution in [0.1, 0.15) is 0 Å². The van der Waals surface area contributed by atoms with Crippen LogP contribution < -0.4 is 8.95 Å². The molecule has 0 radical (unpaired) electrons. The molecule has 0 rings (SSSR count). The molecule has 0 aromatic carbocycles. The molecule has 0 heterocycles. The molecule has 0 bridgehead atoms. The first-order chi connectivity index (χ1) is 2.00. The molecule has 0 aliphatic heterocycles. The van der Waals surface area contributed by atoms with E-state index >= 15 is 0 Å². The molecule has 0 aliphatic rings. The zero-order valence-corrected chi connectivity index (χ0v) is 11.0. The summed E-state index contributed by atoms with van der Waals surface area (Å²) in [6, 6.07) is 0. The summed E-state index contributed by atoms with van der Waals surface area (Å²) in [6.45, 7) is 0. The average Bonchev–Trinajstić information content (AvgIpc) is 1.50. The zero-order chi connectivity index (χ0) is 4.00. The van der Waals surface area contributed by atoms with E-state index < -0.39 is 0 Å².